The maximum atomic E-state index is 12.5. The minimum Gasteiger partial charge on any atom is -0.341 e. The van der Waals surface area contributed by atoms with Crippen LogP contribution in [0.25, 0.3) is 0 Å². The second kappa shape index (κ2) is 8.33. The molecule has 6 heteroatoms. The van der Waals surface area contributed by atoms with Gasteiger partial charge in [0.15, 0.2) is 0 Å². The molecule has 5 nitrogen and oxygen atoms in total. The summed E-state index contributed by atoms with van der Waals surface area (Å²) in [5.74, 6) is 3.77. The molecule has 2 aromatic rings. The number of benzene rings is 1. The Morgan fingerprint density at radius 1 is 1.06 bits per heavy atom. The summed E-state index contributed by atoms with van der Waals surface area (Å²) in [6, 6.07) is 7.07. The van der Waals surface area contributed by atoms with Crippen LogP contribution in [0.5, 0.6) is 0 Å². The molecule has 168 valence electrons. The Morgan fingerprint density at radius 3 is 2.59 bits per heavy atom. The lowest BCUT2D eigenvalue weighted by Gasteiger charge is -2.32. The molecule has 0 unspecified atom stereocenters. The molecule has 32 heavy (non-hydrogen) atoms. The van der Waals surface area contributed by atoms with Gasteiger partial charge in [0, 0.05) is 31.2 Å². The van der Waals surface area contributed by atoms with E-state index >= 15 is 0 Å². The normalized spacial score (nSPS) is 25.3. The fourth-order valence-corrected chi connectivity index (χ4v) is 6.08. The van der Waals surface area contributed by atoms with Gasteiger partial charge in [-0.25, -0.2) is 9.97 Å². The third kappa shape index (κ3) is 4.12. The van der Waals surface area contributed by atoms with Crippen LogP contribution in [0.15, 0.2) is 30.6 Å². The number of nitrogens with zero attached hydrogens (tertiary/aromatic N) is 4. The molecule has 2 aliphatic heterocycles. The van der Waals surface area contributed by atoms with Crippen LogP contribution < -0.4 is 4.90 Å². The summed E-state index contributed by atoms with van der Waals surface area (Å²) >= 11 is 5.91. The topological polar surface area (TPSA) is 49.3 Å². The first kappa shape index (κ1) is 20.5. The van der Waals surface area contributed by atoms with E-state index in [1.54, 1.807) is 12.4 Å². The lowest BCUT2D eigenvalue weighted by molar-refractivity contribution is 0.0766. The number of carbonyl (C=O) groups excluding carboxylic acids is 1. The molecule has 3 fully saturated rings. The van der Waals surface area contributed by atoms with Crippen molar-refractivity contribution in [2.45, 2.75) is 64.0 Å². The van der Waals surface area contributed by atoms with Gasteiger partial charge in [-0.1, -0.05) is 23.7 Å². The largest absolute Gasteiger partial charge is 0.341 e. The van der Waals surface area contributed by atoms with E-state index in [4.69, 9.17) is 11.6 Å². The molecule has 0 bridgehead atoms. The molecular formula is C26H31ClN4O. The van der Waals surface area contributed by atoms with Gasteiger partial charge in [0.05, 0.1) is 17.4 Å². The van der Waals surface area contributed by atoms with Crippen molar-refractivity contribution in [3.05, 3.63) is 52.3 Å². The van der Waals surface area contributed by atoms with E-state index in [1.807, 2.05) is 0 Å². The fraction of sp³-hybridized carbons (Fsp3) is 0.577. The van der Waals surface area contributed by atoms with Crippen LogP contribution in [0.3, 0.4) is 0 Å². The molecule has 1 aromatic heterocycles. The highest BCUT2D eigenvalue weighted by atomic mass is 35.5. The van der Waals surface area contributed by atoms with Gasteiger partial charge in [-0.2, -0.15) is 0 Å². The standard InChI is InChI=1S/C26H31ClN4O/c27-21-14-28-26(29-15-21)30-10-8-18(9-11-30)24-13-19(24)3-1-2-17-4-7-23-20(12-17)16-31(25(23)32)22-5-6-22/h4,7,12,14-15,18-19,22,24H,1-3,5-6,8-11,13,16H2/t19-,24-/m1/s1. The van der Waals surface area contributed by atoms with Crippen LogP contribution in [0, 0.1) is 17.8 Å². The lowest BCUT2D eigenvalue weighted by Crippen LogP contribution is -2.35. The summed E-state index contributed by atoms with van der Waals surface area (Å²) in [4.78, 5) is 25.6. The molecule has 3 heterocycles. The van der Waals surface area contributed by atoms with Gasteiger partial charge in [-0.3, -0.25) is 4.79 Å². The number of amides is 1. The molecule has 1 aromatic carbocycles. The zero-order chi connectivity index (χ0) is 21.7. The van der Waals surface area contributed by atoms with E-state index in [2.05, 4.69) is 38.0 Å². The van der Waals surface area contributed by atoms with E-state index in [0.29, 0.717) is 11.1 Å². The van der Waals surface area contributed by atoms with Crippen molar-refractivity contribution >= 4 is 23.5 Å². The molecule has 1 saturated heterocycles. The predicted octanol–water partition coefficient (Wildman–Crippen LogP) is 5.12. The predicted molar refractivity (Wildman–Crippen MR) is 126 cm³/mol. The smallest absolute Gasteiger partial charge is 0.254 e. The first-order chi connectivity index (χ1) is 15.7. The summed E-state index contributed by atoms with van der Waals surface area (Å²) in [6.07, 6.45) is 13.4. The number of aryl methyl sites for hydroxylation is 1. The Kier molecular flexibility index (Phi) is 5.33. The first-order valence-electron chi connectivity index (χ1n) is 12.3. The van der Waals surface area contributed by atoms with Crippen LogP contribution in [0.2, 0.25) is 5.02 Å². The zero-order valence-electron chi connectivity index (χ0n) is 18.5. The van der Waals surface area contributed by atoms with Crippen molar-refractivity contribution in [2.24, 2.45) is 17.8 Å². The Morgan fingerprint density at radius 2 is 1.84 bits per heavy atom. The Bertz CT molecular complexity index is 997. The van der Waals surface area contributed by atoms with Crippen molar-refractivity contribution in [3.63, 3.8) is 0 Å². The number of piperidine rings is 1. The van der Waals surface area contributed by atoms with Crippen molar-refractivity contribution in [3.8, 4) is 0 Å². The second-order valence-electron chi connectivity index (χ2n) is 10.2. The molecule has 2 atom stereocenters. The number of fused-ring (bicyclic) bond motifs is 1. The zero-order valence-corrected chi connectivity index (χ0v) is 19.3. The molecule has 2 aliphatic carbocycles. The van der Waals surface area contributed by atoms with Crippen LogP contribution in [-0.4, -0.2) is 39.9 Å². The minimum absolute atomic E-state index is 0.253. The summed E-state index contributed by atoms with van der Waals surface area (Å²) in [5.41, 5.74) is 3.60. The van der Waals surface area contributed by atoms with E-state index in [0.717, 1.165) is 55.3 Å². The summed E-state index contributed by atoms with van der Waals surface area (Å²) in [7, 11) is 0. The van der Waals surface area contributed by atoms with Gasteiger partial charge in [0.25, 0.3) is 5.91 Å². The van der Waals surface area contributed by atoms with Gasteiger partial charge in [-0.05, 0) is 86.3 Å². The highest BCUT2D eigenvalue weighted by Crippen LogP contribution is 2.50. The number of carbonyl (C=O) groups is 1. The van der Waals surface area contributed by atoms with Crippen molar-refractivity contribution < 1.29 is 4.79 Å². The summed E-state index contributed by atoms with van der Waals surface area (Å²) in [5, 5.41) is 0.595. The molecule has 0 N–H and O–H groups in total. The molecule has 6 rings (SSSR count). The van der Waals surface area contributed by atoms with Crippen molar-refractivity contribution in [1.82, 2.24) is 14.9 Å². The van der Waals surface area contributed by atoms with Crippen LogP contribution >= 0.6 is 11.6 Å². The SMILES string of the molecule is O=C1c2ccc(CCC[C@@H]3C[C@@H]3C3CCN(c4ncc(Cl)cn4)CC3)cc2CN1C1CC1. The Labute approximate surface area is 195 Å². The highest BCUT2D eigenvalue weighted by molar-refractivity contribution is 6.30. The maximum absolute atomic E-state index is 12.5. The Hall–Kier alpha value is -2.14. The third-order valence-corrected chi connectivity index (χ3v) is 8.24. The fourth-order valence-electron chi connectivity index (χ4n) is 5.98. The highest BCUT2D eigenvalue weighted by Gasteiger charge is 2.43. The molecular weight excluding hydrogens is 420 g/mol. The van der Waals surface area contributed by atoms with E-state index in [9.17, 15) is 4.79 Å². The van der Waals surface area contributed by atoms with E-state index in [1.165, 1.54) is 56.1 Å². The number of anilines is 1. The van der Waals surface area contributed by atoms with Crippen LogP contribution in [-0.2, 0) is 13.0 Å². The molecule has 0 radical (unpaired) electrons. The van der Waals surface area contributed by atoms with Gasteiger partial charge < -0.3 is 9.80 Å². The van der Waals surface area contributed by atoms with Gasteiger partial charge in [-0.15, -0.1) is 0 Å². The number of hydrogen-bond acceptors (Lipinski definition) is 4. The summed E-state index contributed by atoms with van der Waals surface area (Å²) in [6.45, 7) is 2.94. The van der Waals surface area contributed by atoms with E-state index in [-0.39, 0.29) is 5.91 Å². The number of hydrogen-bond donors (Lipinski definition) is 0. The van der Waals surface area contributed by atoms with E-state index < -0.39 is 0 Å². The molecule has 4 aliphatic rings. The van der Waals surface area contributed by atoms with Crippen LogP contribution in [0.4, 0.5) is 5.95 Å². The minimum atomic E-state index is 0.253. The number of aromatic nitrogens is 2. The second-order valence-corrected chi connectivity index (χ2v) is 10.7. The molecule has 1 amide bonds. The van der Waals surface area contributed by atoms with Gasteiger partial charge >= 0.3 is 0 Å². The molecule has 2 saturated carbocycles. The quantitative estimate of drug-likeness (QED) is 0.587. The lowest BCUT2D eigenvalue weighted by atomic mass is 9.90. The van der Waals surface area contributed by atoms with Gasteiger partial charge in [0.2, 0.25) is 5.95 Å². The number of halogens is 1. The average molecular weight is 451 g/mol. The van der Waals surface area contributed by atoms with Crippen LogP contribution in [0.1, 0.15) is 66.4 Å². The summed E-state index contributed by atoms with van der Waals surface area (Å²) < 4.78 is 0. The monoisotopic (exact) mass is 450 g/mol. The maximum Gasteiger partial charge on any atom is 0.254 e. The Balaban J connectivity index is 0.948. The van der Waals surface area contributed by atoms with Crippen molar-refractivity contribution in [2.75, 3.05) is 18.0 Å². The first-order valence-corrected chi connectivity index (χ1v) is 12.7. The molecule has 0 spiro atoms. The van der Waals surface area contributed by atoms with Crippen molar-refractivity contribution in [1.29, 1.82) is 0 Å². The average Bonchev–Trinajstić information content (AvgIpc) is 3.74. The number of rotatable bonds is 7. The van der Waals surface area contributed by atoms with Gasteiger partial charge in [0.1, 0.15) is 0 Å². The third-order valence-electron chi connectivity index (χ3n) is 8.04.